The predicted octanol–water partition coefficient (Wildman–Crippen LogP) is 2.92. The van der Waals surface area contributed by atoms with Crippen LogP contribution in [-0.2, 0) is 23.6 Å². The van der Waals surface area contributed by atoms with Gasteiger partial charge in [-0.05, 0) is 32.3 Å². The van der Waals surface area contributed by atoms with Crippen molar-refractivity contribution in [3.8, 4) is 11.1 Å². The predicted molar refractivity (Wildman–Crippen MR) is 110 cm³/mol. The molecule has 1 aliphatic heterocycles. The molecule has 0 aliphatic carbocycles. The molecule has 1 atom stereocenters. The van der Waals surface area contributed by atoms with Gasteiger partial charge in [-0.2, -0.15) is 14.5 Å². The van der Waals surface area contributed by atoms with Crippen LogP contribution in [0.4, 0.5) is 0 Å². The summed E-state index contributed by atoms with van der Waals surface area (Å²) >= 11 is 0. The maximum Gasteiger partial charge on any atom is 0.247 e. The molecule has 154 valence electrons. The van der Waals surface area contributed by atoms with Crippen LogP contribution in [0.5, 0.6) is 0 Å². The van der Waals surface area contributed by atoms with E-state index in [0.29, 0.717) is 23.7 Å². The summed E-state index contributed by atoms with van der Waals surface area (Å²) in [6.07, 6.45) is 9.65. The molecule has 0 spiro atoms. The van der Waals surface area contributed by atoms with E-state index in [9.17, 15) is 8.42 Å². The number of pyridine rings is 1. The molecular formula is C20H26N6O2S. The summed E-state index contributed by atoms with van der Waals surface area (Å²) in [5.41, 5.74) is 3.27. The summed E-state index contributed by atoms with van der Waals surface area (Å²) in [6.45, 7) is 5.00. The lowest BCUT2D eigenvalue weighted by Gasteiger charge is -2.23. The lowest BCUT2D eigenvalue weighted by molar-refractivity contribution is 0.390. The van der Waals surface area contributed by atoms with E-state index < -0.39 is 10.0 Å². The van der Waals surface area contributed by atoms with E-state index in [1.54, 1.807) is 39.2 Å². The van der Waals surface area contributed by atoms with E-state index in [1.807, 2.05) is 32.3 Å². The molecule has 0 bridgehead atoms. The SMILES string of the molecule is CCCn1cc(S(=O)(=O)N2CCCC2c2ccc(-c3cnn(C)c3)cn2)c(C)n1. The van der Waals surface area contributed by atoms with Crippen LogP contribution in [0.25, 0.3) is 11.1 Å². The van der Waals surface area contributed by atoms with E-state index >= 15 is 0 Å². The molecule has 1 fully saturated rings. The minimum absolute atomic E-state index is 0.253. The van der Waals surface area contributed by atoms with Gasteiger partial charge in [0, 0.05) is 49.9 Å². The first kappa shape index (κ1) is 19.8. The molecule has 29 heavy (non-hydrogen) atoms. The summed E-state index contributed by atoms with van der Waals surface area (Å²) in [4.78, 5) is 4.89. The van der Waals surface area contributed by atoms with Gasteiger partial charge in [0.1, 0.15) is 4.90 Å². The number of nitrogens with zero attached hydrogens (tertiary/aromatic N) is 6. The highest BCUT2D eigenvalue weighted by molar-refractivity contribution is 7.89. The average Bonchev–Trinajstić information content (AvgIpc) is 3.42. The lowest BCUT2D eigenvalue weighted by atomic mass is 10.1. The van der Waals surface area contributed by atoms with Crippen LogP contribution in [0.15, 0.2) is 41.8 Å². The first-order valence-corrected chi connectivity index (χ1v) is 11.3. The van der Waals surface area contributed by atoms with Crippen LogP contribution in [0, 0.1) is 6.92 Å². The Kier molecular flexibility index (Phi) is 5.26. The molecule has 0 amide bonds. The smallest absolute Gasteiger partial charge is 0.247 e. The van der Waals surface area contributed by atoms with Crippen molar-refractivity contribution < 1.29 is 8.42 Å². The number of aromatic nitrogens is 5. The van der Waals surface area contributed by atoms with Crippen molar-refractivity contribution in [3.63, 3.8) is 0 Å². The maximum atomic E-state index is 13.4. The van der Waals surface area contributed by atoms with Gasteiger partial charge in [-0.15, -0.1) is 0 Å². The van der Waals surface area contributed by atoms with E-state index in [4.69, 9.17) is 0 Å². The zero-order valence-electron chi connectivity index (χ0n) is 17.0. The fourth-order valence-corrected chi connectivity index (χ4v) is 5.73. The van der Waals surface area contributed by atoms with Crippen molar-refractivity contribution in [1.29, 1.82) is 0 Å². The van der Waals surface area contributed by atoms with Crippen molar-refractivity contribution in [2.75, 3.05) is 6.54 Å². The Morgan fingerprint density at radius 1 is 1.17 bits per heavy atom. The molecule has 1 saturated heterocycles. The van der Waals surface area contributed by atoms with Crippen LogP contribution in [0.1, 0.15) is 43.6 Å². The monoisotopic (exact) mass is 414 g/mol. The molecule has 9 heteroatoms. The standard InChI is InChI=1S/C20H26N6O2S/c1-4-9-25-14-20(15(2)23-25)29(27,28)26-10-5-6-19(26)18-8-7-16(11-21-18)17-12-22-24(3)13-17/h7-8,11-14,19H,4-6,9-10H2,1-3H3. The van der Waals surface area contributed by atoms with Gasteiger partial charge < -0.3 is 0 Å². The van der Waals surface area contributed by atoms with Crippen molar-refractivity contribution >= 4 is 10.0 Å². The summed E-state index contributed by atoms with van der Waals surface area (Å²) in [5, 5.41) is 8.56. The third kappa shape index (κ3) is 3.72. The minimum atomic E-state index is -3.63. The minimum Gasteiger partial charge on any atom is -0.275 e. The Morgan fingerprint density at radius 2 is 2.00 bits per heavy atom. The molecule has 4 rings (SSSR count). The first-order chi connectivity index (χ1) is 13.9. The molecule has 3 aromatic heterocycles. The van der Waals surface area contributed by atoms with Gasteiger partial charge in [-0.3, -0.25) is 14.3 Å². The van der Waals surface area contributed by atoms with Crippen molar-refractivity contribution in [1.82, 2.24) is 28.9 Å². The van der Waals surface area contributed by atoms with Crippen LogP contribution < -0.4 is 0 Å². The number of aryl methyl sites for hydroxylation is 3. The van der Waals surface area contributed by atoms with E-state index in [0.717, 1.165) is 36.1 Å². The molecule has 0 N–H and O–H groups in total. The Hall–Kier alpha value is -2.52. The largest absolute Gasteiger partial charge is 0.275 e. The molecule has 1 unspecified atom stereocenters. The van der Waals surface area contributed by atoms with Crippen LogP contribution in [0.3, 0.4) is 0 Å². The molecule has 3 aromatic rings. The topological polar surface area (TPSA) is 85.9 Å². The number of sulfonamides is 1. The van der Waals surface area contributed by atoms with Gasteiger partial charge in [0.15, 0.2) is 0 Å². The third-order valence-electron chi connectivity index (χ3n) is 5.31. The van der Waals surface area contributed by atoms with Crippen LogP contribution >= 0.6 is 0 Å². The highest BCUT2D eigenvalue weighted by Crippen LogP contribution is 2.36. The Balaban J connectivity index is 1.62. The Morgan fingerprint density at radius 3 is 2.66 bits per heavy atom. The van der Waals surface area contributed by atoms with Gasteiger partial charge in [-0.1, -0.05) is 13.0 Å². The van der Waals surface area contributed by atoms with Gasteiger partial charge >= 0.3 is 0 Å². The molecule has 1 aliphatic rings. The van der Waals surface area contributed by atoms with E-state index in [2.05, 4.69) is 15.2 Å². The molecule has 0 aromatic carbocycles. The summed E-state index contributed by atoms with van der Waals surface area (Å²) < 4.78 is 31.8. The third-order valence-corrected chi connectivity index (χ3v) is 7.32. The second-order valence-electron chi connectivity index (χ2n) is 7.49. The van der Waals surface area contributed by atoms with Crippen molar-refractivity contribution in [3.05, 3.63) is 48.3 Å². The fraction of sp³-hybridized carbons (Fsp3) is 0.450. The number of rotatable bonds is 6. The quantitative estimate of drug-likeness (QED) is 0.619. The summed E-state index contributed by atoms with van der Waals surface area (Å²) in [7, 11) is -1.75. The first-order valence-electron chi connectivity index (χ1n) is 9.91. The Bertz CT molecular complexity index is 1100. The van der Waals surface area contributed by atoms with Gasteiger partial charge in [0.2, 0.25) is 10.0 Å². The molecule has 0 radical (unpaired) electrons. The Labute approximate surface area is 171 Å². The van der Waals surface area contributed by atoms with Crippen LogP contribution in [-0.4, -0.2) is 43.8 Å². The molecule has 0 saturated carbocycles. The summed E-state index contributed by atoms with van der Waals surface area (Å²) in [6, 6.07) is 3.65. The number of hydrogen-bond donors (Lipinski definition) is 0. The molecular weight excluding hydrogens is 388 g/mol. The van der Waals surface area contributed by atoms with Gasteiger partial charge in [0.25, 0.3) is 0 Å². The normalized spacial score (nSPS) is 17.8. The van der Waals surface area contributed by atoms with E-state index in [-0.39, 0.29) is 6.04 Å². The highest BCUT2D eigenvalue weighted by atomic mass is 32.2. The molecule has 8 nitrogen and oxygen atoms in total. The molecule has 4 heterocycles. The maximum absolute atomic E-state index is 13.4. The number of hydrogen-bond acceptors (Lipinski definition) is 5. The average molecular weight is 415 g/mol. The zero-order valence-corrected chi connectivity index (χ0v) is 17.8. The fourth-order valence-electron chi connectivity index (χ4n) is 3.89. The van der Waals surface area contributed by atoms with Crippen molar-refractivity contribution in [2.45, 2.75) is 50.6 Å². The summed E-state index contributed by atoms with van der Waals surface area (Å²) in [5.74, 6) is 0. The zero-order chi connectivity index (χ0) is 20.6. The van der Waals surface area contributed by atoms with Crippen LogP contribution in [0.2, 0.25) is 0 Å². The highest BCUT2D eigenvalue weighted by Gasteiger charge is 2.38. The van der Waals surface area contributed by atoms with E-state index in [1.165, 1.54) is 0 Å². The van der Waals surface area contributed by atoms with Crippen molar-refractivity contribution in [2.24, 2.45) is 7.05 Å². The lowest BCUT2D eigenvalue weighted by Crippen LogP contribution is -2.31. The second kappa shape index (κ2) is 7.72. The van der Waals surface area contributed by atoms with Gasteiger partial charge in [0.05, 0.1) is 23.6 Å². The van der Waals surface area contributed by atoms with Gasteiger partial charge in [-0.25, -0.2) is 8.42 Å². The second-order valence-corrected chi connectivity index (χ2v) is 9.35.